The number of nitro groups is 1. The van der Waals surface area contributed by atoms with Gasteiger partial charge >= 0.3 is 0 Å². The van der Waals surface area contributed by atoms with Crippen LogP contribution >= 0.6 is 23.4 Å². The van der Waals surface area contributed by atoms with Gasteiger partial charge in [-0.15, -0.1) is 0 Å². The molecule has 2 N–H and O–H groups in total. The Hall–Kier alpha value is -3.43. The van der Waals surface area contributed by atoms with Crippen molar-refractivity contribution in [2.75, 3.05) is 5.32 Å². The molecule has 34 heavy (non-hydrogen) atoms. The molecular formula is C24H19ClN4O4S. The number of allylic oxidation sites excluding steroid dienone is 2. The van der Waals surface area contributed by atoms with Crippen LogP contribution in [0.5, 0.6) is 0 Å². The Kier molecular flexibility index (Phi) is 5.97. The van der Waals surface area contributed by atoms with Crippen LogP contribution in [0.3, 0.4) is 0 Å². The Morgan fingerprint density at radius 1 is 1.15 bits per heavy atom. The molecule has 1 unspecified atom stereocenters. The number of hydrogen-bond acceptors (Lipinski definition) is 7. The summed E-state index contributed by atoms with van der Waals surface area (Å²) in [6.07, 6.45) is 1.71. The first-order valence-electron chi connectivity index (χ1n) is 10.7. The van der Waals surface area contributed by atoms with Crippen LogP contribution in [0.4, 0.5) is 11.5 Å². The summed E-state index contributed by atoms with van der Waals surface area (Å²) < 4.78 is 0. The summed E-state index contributed by atoms with van der Waals surface area (Å²) in [6, 6.07) is 13.5. The first-order valence-corrected chi connectivity index (χ1v) is 12.1. The zero-order valence-corrected chi connectivity index (χ0v) is 19.4. The fourth-order valence-electron chi connectivity index (χ4n) is 4.42. The van der Waals surface area contributed by atoms with Gasteiger partial charge in [-0.25, -0.2) is 4.98 Å². The van der Waals surface area contributed by atoms with E-state index in [0.717, 1.165) is 11.3 Å². The maximum absolute atomic E-state index is 13.3. The van der Waals surface area contributed by atoms with E-state index in [-0.39, 0.29) is 22.6 Å². The smallest absolute Gasteiger partial charge is 0.269 e. The molecule has 5 rings (SSSR count). The Labute approximate surface area is 203 Å². The van der Waals surface area contributed by atoms with Crippen molar-refractivity contribution < 1.29 is 9.72 Å². The van der Waals surface area contributed by atoms with Gasteiger partial charge in [0.05, 0.1) is 10.5 Å². The number of benzene rings is 2. The number of halogens is 1. The molecule has 1 atom stereocenters. The van der Waals surface area contributed by atoms with E-state index < -0.39 is 10.8 Å². The number of ketones is 1. The minimum Gasteiger partial charge on any atom is -0.343 e. The van der Waals surface area contributed by atoms with Gasteiger partial charge in [0.25, 0.3) is 11.2 Å². The van der Waals surface area contributed by atoms with E-state index in [4.69, 9.17) is 11.6 Å². The monoisotopic (exact) mass is 494 g/mol. The second-order valence-corrected chi connectivity index (χ2v) is 9.46. The first-order chi connectivity index (χ1) is 16.4. The van der Waals surface area contributed by atoms with Crippen molar-refractivity contribution in [2.45, 2.75) is 36.1 Å². The Bertz CT molecular complexity index is 1420. The first kappa shape index (κ1) is 22.4. The quantitative estimate of drug-likeness (QED) is 0.217. The van der Waals surface area contributed by atoms with E-state index in [2.05, 4.69) is 15.3 Å². The van der Waals surface area contributed by atoms with E-state index in [1.165, 1.54) is 23.9 Å². The molecule has 1 aliphatic heterocycles. The number of rotatable bonds is 5. The fourth-order valence-corrected chi connectivity index (χ4v) is 5.57. The summed E-state index contributed by atoms with van der Waals surface area (Å²) in [4.78, 5) is 44.6. The fraction of sp³-hybridized carbons (Fsp3) is 0.208. The van der Waals surface area contributed by atoms with Gasteiger partial charge in [0, 0.05) is 46.5 Å². The number of hydrogen-bond donors (Lipinski definition) is 2. The topological polar surface area (TPSA) is 118 Å². The van der Waals surface area contributed by atoms with Crippen molar-refractivity contribution in [3.8, 4) is 0 Å². The molecule has 0 bridgehead atoms. The number of carbonyl (C=O) groups is 1. The van der Waals surface area contributed by atoms with Crippen LogP contribution in [-0.2, 0) is 10.5 Å². The number of anilines is 1. The normalized spacial score (nSPS) is 17.1. The van der Waals surface area contributed by atoms with E-state index in [1.807, 2.05) is 18.2 Å². The van der Waals surface area contributed by atoms with Crippen LogP contribution in [0.25, 0.3) is 0 Å². The lowest BCUT2D eigenvalue weighted by Crippen LogP contribution is -2.32. The van der Waals surface area contributed by atoms with Gasteiger partial charge in [-0.3, -0.25) is 19.7 Å². The zero-order chi connectivity index (χ0) is 23.8. The number of nitrogens with zero attached hydrogens (tertiary/aromatic N) is 2. The molecule has 0 radical (unpaired) electrons. The van der Waals surface area contributed by atoms with E-state index >= 15 is 0 Å². The number of non-ortho nitro benzene ring substituents is 1. The number of fused-ring (bicyclic) bond motifs is 1. The summed E-state index contributed by atoms with van der Waals surface area (Å²) in [7, 11) is 0. The SMILES string of the molecule is O=C1CCCC2=C1C(c1cccc([N+](=O)[O-])c1)c1c(nc(SCc3ccccc3Cl)[nH]c1=O)N2. The number of H-pyrrole nitrogens is 1. The minimum atomic E-state index is -0.724. The summed E-state index contributed by atoms with van der Waals surface area (Å²) in [5.74, 6) is 0.1000. The molecule has 8 nitrogen and oxygen atoms in total. The number of thioether (sulfide) groups is 1. The molecular weight excluding hydrogens is 476 g/mol. The highest BCUT2D eigenvalue weighted by Crippen LogP contribution is 2.44. The molecule has 3 aromatic rings. The van der Waals surface area contributed by atoms with Gasteiger partial charge < -0.3 is 10.3 Å². The minimum absolute atomic E-state index is 0.0625. The molecule has 0 fully saturated rings. The lowest BCUT2D eigenvalue weighted by Gasteiger charge is -2.32. The second kappa shape index (κ2) is 9.08. The van der Waals surface area contributed by atoms with Gasteiger partial charge in [0.1, 0.15) is 5.82 Å². The highest BCUT2D eigenvalue weighted by molar-refractivity contribution is 7.98. The number of nitrogens with one attached hydrogen (secondary N) is 2. The van der Waals surface area contributed by atoms with Crippen LogP contribution in [0.15, 0.2) is 69.8 Å². The predicted octanol–water partition coefficient (Wildman–Crippen LogP) is 5.19. The van der Waals surface area contributed by atoms with Crippen molar-refractivity contribution in [3.63, 3.8) is 0 Å². The number of carbonyl (C=O) groups excluding carboxylic acids is 1. The van der Waals surface area contributed by atoms with Gasteiger partial charge in [0.2, 0.25) is 0 Å². The molecule has 2 aliphatic rings. The molecule has 10 heteroatoms. The summed E-state index contributed by atoms with van der Waals surface area (Å²) in [5.41, 5.74) is 2.45. The van der Waals surface area contributed by atoms with E-state index in [9.17, 15) is 19.7 Å². The largest absolute Gasteiger partial charge is 0.343 e. The summed E-state index contributed by atoms with van der Waals surface area (Å²) in [5, 5.41) is 15.6. The summed E-state index contributed by atoms with van der Waals surface area (Å²) in [6.45, 7) is 0. The van der Waals surface area contributed by atoms with Crippen molar-refractivity contribution in [1.82, 2.24) is 9.97 Å². The molecule has 0 spiro atoms. The van der Waals surface area contributed by atoms with Gasteiger partial charge in [-0.1, -0.05) is 53.7 Å². The number of nitro benzene ring substituents is 1. The molecule has 1 aliphatic carbocycles. The highest BCUT2D eigenvalue weighted by Gasteiger charge is 2.38. The molecule has 1 aromatic heterocycles. The third-order valence-electron chi connectivity index (χ3n) is 5.97. The van der Waals surface area contributed by atoms with Crippen molar-refractivity contribution in [3.05, 3.63) is 102 Å². The van der Waals surface area contributed by atoms with Gasteiger partial charge in [0.15, 0.2) is 10.9 Å². The predicted molar refractivity (Wildman–Crippen MR) is 130 cm³/mol. The molecule has 0 saturated heterocycles. The molecule has 172 valence electrons. The van der Waals surface area contributed by atoms with E-state index in [1.54, 1.807) is 18.2 Å². The van der Waals surface area contributed by atoms with Crippen molar-refractivity contribution in [1.29, 1.82) is 0 Å². The highest BCUT2D eigenvalue weighted by atomic mass is 35.5. The standard InChI is InChI=1S/C24H19ClN4O4S/c25-16-8-2-1-5-14(16)12-34-24-27-22-21(23(31)28-24)19(13-6-3-7-15(11-13)29(32)33)20-17(26-22)9-4-10-18(20)30/h1-3,5-8,11,19H,4,9-10,12H2,(H2,26,27,28,31). The number of aromatic nitrogens is 2. The average Bonchev–Trinajstić information content (AvgIpc) is 2.82. The van der Waals surface area contributed by atoms with Crippen LogP contribution in [-0.4, -0.2) is 20.7 Å². The Balaban J connectivity index is 1.59. The van der Waals surface area contributed by atoms with Gasteiger partial charge in [-0.05, 0) is 30.0 Å². The van der Waals surface area contributed by atoms with Gasteiger partial charge in [-0.2, -0.15) is 0 Å². The van der Waals surface area contributed by atoms with Crippen LogP contribution in [0.1, 0.15) is 41.9 Å². The van der Waals surface area contributed by atoms with Crippen LogP contribution in [0.2, 0.25) is 5.02 Å². The maximum Gasteiger partial charge on any atom is 0.269 e. The second-order valence-electron chi connectivity index (χ2n) is 8.09. The molecule has 2 aromatic carbocycles. The van der Waals surface area contributed by atoms with Crippen LogP contribution in [0, 0.1) is 10.1 Å². The lowest BCUT2D eigenvalue weighted by atomic mass is 9.76. The summed E-state index contributed by atoms with van der Waals surface area (Å²) >= 11 is 7.59. The molecule has 0 amide bonds. The van der Waals surface area contributed by atoms with Crippen molar-refractivity contribution in [2.24, 2.45) is 0 Å². The average molecular weight is 495 g/mol. The molecule has 0 saturated carbocycles. The Morgan fingerprint density at radius 3 is 2.76 bits per heavy atom. The van der Waals surface area contributed by atoms with Crippen molar-refractivity contribution >= 4 is 40.7 Å². The number of Topliss-reactive ketones (excluding diaryl/α,β-unsaturated/α-hetero) is 1. The van der Waals surface area contributed by atoms with Crippen LogP contribution < -0.4 is 10.9 Å². The zero-order valence-electron chi connectivity index (χ0n) is 17.8. The third kappa shape index (κ3) is 4.12. The lowest BCUT2D eigenvalue weighted by molar-refractivity contribution is -0.384. The number of aromatic amines is 1. The third-order valence-corrected chi connectivity index (χ3v) is 7.26. The Morgan fingerprint density at radius 2 is 1.97 bits per heavy atom. The maximum atomic E-state index is 13.3. The van der Waals surface area contributed by atoms with E-state index in [0.29, 0.717) is 52.1 Å². The molecule has 2 heterocycles.